The van der Waals surface area contributed by atoms with E-state index in [4.69, 9.17) is 9.47 Å². The lowest BCUT2D eigenvalue weighted by Crippen LogP contribution is -2.43. The van der Waals surface area contributed by atoms with Crippen LogP contribution in [-0.2, 0) is 29.5 Å². The van der Waals surface area contributed by atoms with Gasteiger partial charge in [-0.2, -0.15) is 0 Å². The molecule has 0 saturated carbocycles. The fourth-order valence-electron chi connectivity index (χ4n) is 4.13. The number of ether oxygens (including phenoxy) is 2. The maximum atomic E-state index is 13.3. The highest BCUT2D eigenvalue weighted by molar-refractivity contribution is 5.80. The van der Waals surface area contributed by atoms with Crippen molar-refractivity contribution in [1.82, 2.24) is 14.5 Å². The zero-order valence-corrected chi connectivity index (χ0v) is 15.4. The number of nitrogens with zero attached hydrogens (tertiary/aromatic N) is 3. The highest BCUT2D eigenvalue weighted by atomic mass is 16.5. The second kappa shape index (κ2) is 7.11. The van der Waals surface area contributed by atoms with E-state index in [1.54, 1.807) is 13.3 Å². The molecule has 0 spiro atoms. The van der Waals surface area contributed by atoms with Crippen LogP contribution in [0.2, 0.25) is 0 Å². The van der Waals surface area contributed by atoms with E-state index in [2.05, 4.69) is 11.1 Å². The number of imidazole rings is 1. The van der Waals surface area contributed by atoms with Gasteiger partial charge in [0.1, 0.15) is 17.7 Å². The van der Waals surface area contributed by atoms with Gasteiger partial charge in [0.15, 0.2) is 0 Å². The number of carbonyl (C=O) groups is 1. The van der Waals surface area contributed by atoms with Crippen molar-refractivity contribution < 1.29 is 14.3 Å². The quantitative estimate of drug-likeness (QED) is 0.849. The Hall–Kier alpha value is -2.34. The van der Waals surface area contributed by atoms with Crippen molar-refractivity contribution in [1.29, 1.82) is 0 Å². The number of aromatic nitrogens is 2. The summed E-state index contributed by atoms with van der Waals surface area (Å²) in [6.45, 7) is 2.03. The molecule has 0 N–H and O–H groups in total. The third kappa shape index (κ3) is 2.98. The molecule has 6 heteroatoms. The van der Waals surface area contributed by atoms with Gasteiger partial charge in [0, 0.05) is 44.7 Å². The molecule has 138 valence electrons. The Morgan fingerprint density at radius 2 is 2.27 bits per heavy atom. The molecule has 2 atom stereocenters. The Labute approximate surface area is 153 Å². The average Bonchev–Trinajstić information content (AvgIpc) is 3.12. The van der Waals surface area contributed by atoms with Crippen LogP contribution in [0.3, 0.4) is 0 Å². The van der Waals surface area contributed by atoms with E-state index in [0.29, 0.717) is 13.2 Å². The summed E-state index contributed by atoms with van der Waals surface area (Å²) in [5.41, 5.74) is 2.40. The topological polar surface area (TPSA) is 56.6 Å². The van der Waals surface area contributed by atoms with Gasteiger partial charge >= 0.3 is 0 Å². The average molecular weight is 355 g/mol. The van der Waals surface area contributed by atoms with Gasteiger partial charge in [-0.05, 0) is 30.9 Å². The van der Waals surface area contributed by atoms with Crippen molar-refractivity contribution >= 4 is 5.91 Å². The van der Waals surface area contributed by atoms with E-state index >= 15 is 0 Å². The monoisotopic (exact) mass is 355 g/mol. The molecule has 2 aliphatic heterocycles. The summed E-state index contributed by atoms with van der Waals surface area (Å²) in [6.07, 6.45) is 5.98. The molecule has 0 unspecified atom stereocenters. The van der Waals surface area contributed by atoms with Gasteiger partial charge in [0.25, 0.3) is 0 Å². The molecule has 0 aliphatic carbocycles. The molecular formula is C20H25N3O3. The molecule has 26 heavy (non-hydrogen) atoms. The molecule has 1 saturated heterocycles. The molecule has 1 aromatic carbocycles. The summed E-state index contributed by atoms with van der Waals surface area (Å²) < 4.78 is 13.4. The minimum atomic E-state index is -0.261. The summed E-state index contributed by atoms with van der Waals surface area (Å²) in [5.74, 6) is 1.76. The van der Waals surface area contributed by atoms with E-state index in [9.17, 15) is 4.79 Å². The Kier molecular flexibility index (Phi) is 4.68. The van der Waals surface area contributed by atoms with Crippen molar-refractivity contribution in [3.8, 4) is 5.75 Å². The summed E-state index contributed by atoms with van der Waals surface area (Å²) >= 11 is 0. The molecule has 0 radical (unpaired) electrons. The standard InChI is InChI=1S/C20H25N3O3/c1-22-11-9-21-19(22)18-16(6-4-12-26-18)20(24)23-10-8-15-14(13-23)5-3-7-17(15)25-2/h3,5,7,9,11,16,18H,4,6,8,10,12-13H2,1-2H3/t16-,18-/m1/s1. The highest BCUT2D eigenvalue weighted by Gasteiger charge is 2.38. The van der Waals surface area contributed by atoms with E-state index < -0.39 is 0 Å². The van der Waals surface area contributed by atoms with Crippen LogP contribution >= 0.6 is 0 Å². The molecule has 4 rings (SSSR count). The third-order valence-electron chi connectivity index (χ3n) is 5.51. The van der Waals surface area contributed by atoms with Gasteiger partial charge in [0.2, 0.25) is 5.91 Å². The summed E-state index contributed by atoms with van der Waals surface area (Å²) in [4.78, 5) is 19.7. The van der Waals surface area contributed by atoms with Crippen LogP contribution in [0.25, 0.3) is 0 Å². The second-order valence-electron chi connectivity index (χ2n) is 7.04. The van der Waals surface area contributed by atoms with Crippen molar-refractivity contribution in [3.05, 3.63) is 47.5 Å². The number of methoxy groups -OCH3 is 1. The van der Waals surface area contributed by atoms with Gasteiger partial charge < -0.3 is 18.9 Å². The van der Waals surface area contributed by atoms with Crippen LogP contribution in [0.4, 0.5) is 0 Å². The normalized spacial score (nSPS) is 22.8. The molecule has 1 amide bonds. The van der Waals surface area contributed by atoms with E-state index in [1.165, 1.54) is 11.1 Å². The lowest BCUT2D eigenvalue weighted by Gasteiger charge is -2.36. The smallest absolute Gasteiger partial charge is 0.229 e. The van der Waals surface area contributed by atoms with Crippen LogP contribution in [0, 0.1) is 5.92 Å². The number of rotatable bonds is 3. The number of fused-ring (bicyclic) bond motifs is 1. The highest BCUT2D eigenvalue weighted by Crippen LogP contribution is 2.36. The van der Waals surface area contributed by atoms with Crippen LogP contribution in [-0.4, -0.2) is 40.6 Å². The summed E-state index contributed by atoms with van der Waals surface area (Å²) in [7, 11) is 3.65. The number of amides is 1. The first-order chi connectivity index (χ1) is 12.7. The predicted octanol–water partition coefficient (Wildman–Crippen LogP) is 2.48. The zero-order valence-electron chi connectivity index (χ0n) is 15.4. The molecule has 3 heterocycles. The van der Waals surface area contributed by atoms with Crippen molar-refractivity contribution in [2.45, 2.75) is 31.9 Å². The zero-order chi connectivity index (χ0) is 18.1. The van der Waals surface area contributed by atoms with E-state index in [0.717, 1.165) is 37.4 Å². The Morgan fingerprint density at radius 3 is 3.04 bits per heavy atom. The molecule has 1 aromatic heterocycles. The van der Waals surface area contributed by atoms with Crippen molar-refractivity contribution in [2.75, 3.05) is 20.3 Å². The summed E-state index contributed by atoms with van der Waals surface area (Å²) in [6, 6.07) is 6.07. The number of hydrogen-bond donors (Lipinski definition) is 0. The van der Waals surface area contributed by atoms with Crippen LogP contribution in [0.5, 0.6) is 5.75 Å². The SMILES string of the molecule is COc1cccc2c1CCN(C(=O)[C@@H]1CCCO[C@H]1c1nccn1C)C2. The Morgan fingerprint density at radius 1 is 1.38 bits per heavy atom. The van der Waals surface area contributed by atoms with Crippen LogP contribution < -0.4 is 4.74 Å². The van der Waals surface area contributed by atoms with E-state index in [1.807, 2.05) is 34.8 Å². The first-order valence-corrected chi connectivity index (χ1v) is 9.21. The molecule has 6 nitrogen and oxygen atoms in total. The maximum Gasteiger partial charge on any atom is 0.229 e. The van der Waals surface area contributed by atoms with Crippen molar-refractivity contribution in [2.24, 2.45) is 13.0 Å². The first-order valence-electron chi connectivity index (χ1n) is 9.21. The van der Waals surface area contributed by atoms with Gasteiger partial charge in [-0.15, -0.1) is 0 Å². The minimum absolute atomic E-state index is 0.169. The number of carbonyl (C=O) groups excluding carboxylic acids is 1. The summed E-state index contributed by atoms with van der Waals surface area (Å²) in [5, 5.41) is 0. The van der Waals surface area contributed by atoms with Gasteiger partial charge in [-0.25, -0.2) is 4.98 Å². The Bertz CT molecular complexity index is 801. The first kappa shape index (κ1) is 17.1. The van der Waals surface area contributed by atoms with Crippen LogP contribution in [0.1, 0.15) is 35.9 Å². The minimum Gasteiger partial charge on any atom is -0.496 e. The maximum absolute atomic E-state index is 13.3. The fourth-order valence-corrected chi connectivity index (χ4v) is 4.13. The number of hydrogen-bond acceptors (Lipinski definition) is 4. The molecule has 2 aromatic rings. The third-order valence-corrected chi connectivity index (χ3v) is 5.51. The van der Waals surface area contributed by atoms with Gasteiger partial charge in [0.05, 0.1) is 13.0 Å². The van der Waals surface area contributed by atoms with Gasteiger partial charge in [-0.3, -0.25) is 4.79 Å². The van der Waals surface area contributed by atoms with Crippen molar-refractivity contribution in [3.63, 3.8) is 0 Å². The Balaban J connectivity index is 1.56. The lowest BCUT2D eigenvalue weighted by molar-refractivity contribution is -0.147. The predicted molar refractivity (Wildman–Crippen MR) is 96.7 cm³/mol. The molecule has 2 aliphatic rings. The number of benzene rings is 1. The molecule has 1 fully saturated rings. The molecule has 0 bridgehead atoms. The van der Waals surface area contributed by atoms with E-state index in [-0.39, 0.29) is 17.9 Å². The van der Waals surface area contributed by atoms with Gasteiger partial charge in [-0.1, -0.05) is 12.1 Å². The number of aryl methyl sites for hydroxylation is 1. The second-order valence-corrected chi connectivity index (χ2v) is 7.04. The van der Waals surface area contributed by atoms with Crippen LogP contribution in [0.15, 0.2) is 30.6 Å². The largest absolute Gasteiger partial charge is 0.496 e. The molecular weight excluding hydrogens is 330 g/mol. The lowest BCUT2D eigenvalue weighted by atomic mass is 9.90. The fraction of sp³-hybridized carbons (Fsp3) is 0.500.